The van der Waals surface area contributed by atoms with Gasteiger partial charge in [-0.05, 0) is 6.07 Å². The number of aromatic hydroxyl groups is 1. The summed E-state index contributed by atoms with van der Waals surface area (Å²) in [6.45, 7) is 0.161. The SMILES string of the molecule is Oc1c(CCl)ccc2c1OCO2. The van der Waals surface area contributed by atoms with Crippen LogP contribution in [0, 0.1) is 0 Å². The van der Waals surface area contributed by atoms with Crippen LogP contribution in [0.15, 0.2) is 12.1 Å². The van der Waals surface area contributed by atoms with Crippen LogP contribution in [-0.2, 0) is 5.88 Å². The number of rotatable bonds is 1. The molecule has 0 bridgehead atoms. The van der Waals surface area contributed by atoms with Crippen LogP contribution in [0.2, 0.25) is 0 Å². The molecule has 1 aliphatic heterocycles. The van der Waals surface area contributed by atoms with Crippen LogP contribution in [0.25, 0.3) is 0 Å². The Kier molecular flexibility index (Phi) is 1.73. The predicted octanol–water partition coefficient (Wildman–Crippen LogP) is 1.86. The quantitative estimate of drug-likeness (QED) is 0.681. The summed E-state index contributed by atoms with van der Waals surface area (Å²) in [5, 5.41) is 9.52. The van der Waals surface area contributed by atoms with Gasteiger partial charge in [0, 0.05) is 5.56 Å². The summed E-state index contributed by atoms with van der Waals surface area (Å²) in [5.74, 6) is 1.32. The van der Waals surface area contributed by atoms with Crippen molar-refractivity contribution in [3.63, 3.8) is 0 Å². The Bertz CT molecular complexity index is 311. The van der Waals surface area contributed by atoms with E-state index in [-0.39, 0.29) is 18.4 Å². The van der Waals surface area contributed by atoms with Gasteiger partial charge in [0.2, 0.25) is 12.5 Å². The molecular formula is C8H7ClO3. The van der Waals surface area contributed by atoms with Gasteiger partial charge in [-0.15, -0.1) is 11.6 Å². The van der Waals surface area contributed by atoms with Gasteiger partial charge < -0.3 is 14.6 Å². The second-order valence-corrected chi connectivity index (χ2v) is 2.71. The summed E-state index contributed by atoms with van der Waals surface area (Å²) in [6.07, 6.45) is 0. The van der Waals surface area contributed by atoms with Crippen LogP contribution in [0.1, 0.15) is 5.56 Å². The Morgan fingerprint density at radius 2 is 2.25 bits per heavy atom. The standard InChI is InChI=1S/C8H7ClO3/c9-3-5-1-2-6-8(7(5)10)12-4-11-6/h1-2,10H,3-4H2. The van der Waals surface area contributed by atoms with Crippen molar-refractivity contribution in [1.29, 1.82) is 0 Å². The number of halogens is 1. The third kappa shape index (κ3) is 0.975. The smallest absolute Gasteiger partial charge is 0.231 e. The Hall–Kier alpha value is -1.09. The van der Waals surface area contributed by atoms with E-state index in [1.54, 1.807) is 12.1 Å². The monoisotopic (exact) mass is 186 g/mol. The molecule has 0 radical (unpaired) electrons. The average molecular weight is 187 g/mol. The first-order valence-corrected chi connectivity index (χ1v) is 4.03. The fourth-order valence-electron chi connectivity index (χ4n) is 1.11. The van der Waals surface area contributed by atoms with Gasteiger partial charge in [-0.2, -0.15) is 0 Å². The van der Waals surface area contributed by atoms with Crippen molar-refractivity contribution in [1.82, 2.24) is 0 Å². The summed E-state index contributed by atoms with van der Waals surface area (Å²) < 4.78 is 10.1. The zero-order valence-corrected chi connectivity index (χ0v) is 6.97. The van der Waals surface area contributed by atoms with Gasteiger partial charge in [0.1, 0.15) is 0 Å². The molecule has 0 unspecified atom stereocenters. The van der Waals surface area contributed by atoms with E-state index in [0.29, 0.717) is 17.1 Å². The van der Waals surface area contributed by atoms with Gasteiger partial charge in [-0.1, -0.05) is 6.07 Å². The Balaban J connectivity index is 2.54. The molecule has 1 aromatic carbocycles. The highest BCUT2D eigenvalue weighted by atomic mass is 35.5. The maximum absolute atomic E-state index is 9.52. The molecule has 0 spiro atoms. The number of ether oxygens (including phenoxy) is 2. The van der Waals surface area contributed by atoms with Crippen LogP contribution < -0.4 is 9.47 Å². The molecule has 12 heavy (non-hydrogen) atoms. The van der Waals surface area contributed by atoms with Gasteiger partial charge >= 0.3 is 0 Å². The highest BCUT2D eigenvalue weighted by Gasteiger charge is 2.19. The molecule has 1 aliphatic rings. The van der Waals surface area contributed by atoms with E-state index in [1.165, 1.54) is 0 Å². The maximum Gasteiger partial charge on any atom is 0.231 e. The first kappa shape index (κ1) is 7.55. The highest BCUT2D eigenvalue weighted by Crippen LogP contribution is 2.42. The zero-order valence-electron chi connectivity index (χ0n) is 6.21. The van der Waals surface area contributed by atoms with Crippen LogP contribution in [0.5, 0.6) is 17.2 Å². The molecule has 0 aromatic heterocycles. The summed E-state index contributed by atoms with van der Waals surface area (Å²) in [6, 6.07) is 3.45. The Morgan fingerprint density at radius 1 is 1.42 bits per heavy atom. The first-order valence-electron chi connectivity index (χ1n) is 3.49. The Morgan fingerprint density at radius 3 is 3.00 bits per heavy atom. The lowest BCUT2D eigenvalue weighted by atomic mass is 10.2. The van der Waals surface area contributed by atoms with Gasteiger partial charge in [0.05, 0.1) is 5.88 Å². The molecule has 64 valence electrons. The normalized spacial score (nSPS) is 13.4. The number of alkyl halides is 1. The van der Waals surface area contributed by atoms with Crippen molar-refractivity contribution in [3.05, 3.63) is 17.7 Å². The van der Waals surface area contributed by atoms with E-state index in [1.807, 2.05) is 0 Å². The van der Waals surface area contributed by atoms with Gasteiger partial charge in [-0.3, -0.25) is 0 Å². The number of hydrogen-bond donors (Lipinski definition) is 1. The molecule has 0 amide bonds. The molecule has 1 N–H and O–H groups in total. The van der Waals surface area contributed by atoms with E-state index in [2.05, 4.69) is 0 Å². The lowest BCUT2D eigenvalue weighted by Gasteiger charge is -2.02. The van der Waals surface area contributed by atoms with E-state index in [9.17, 15) is 5.11 Å². The molecule has 2 rings (SSSR count). The molecule has 0 aliphatic carbocycles. The fourth-order valence-corrected chi connectivity index (χ4v) is 1.32. The largest absolute Gasteiger partial charge is 0.504 e. The third-order valence-corrected chi connectivity index (χ3v) is 2.03. The topological polar surface area (TPSA) is 38.7 Å². The molecule has 4 heteroatoms. The van der Waals surface area contributed by atoms with Crippen molar-refractivity contribution < 1.29 is 14.6 Å². The van der Waals surface area contributed by atoms with Gasteiger partial charge in [0.25, 0.3) is 0 Å². The number of phenolic OH excluding ortho intramolecular Hbond substituents is 1. The third-order valence-electron chi connectivity index (χ3n) is 1.74. The Labute approximate surface area is 74.5 Å². The second kappa shape index (κ2) is 2.75. The van der Waals surface area contributed by atoms with E-state index in [4.69, 9.17) is 21.1 Å². The summed E-state index contributed by atoms with van der Waals surface area (Å²) in [7, 11) is 0. The summed E-state index contributed by atoms with van der Waals surface area (Å²) in [5.41, 5.74) is 0.654. The molecule has 0 saturated heterocycles. The number of hydrogen-bond acceptors (Lipinski definition) is 3. The first-order chi connectivity index (χ1) is 5.83. The van der Waals surface area contributed by atoms with Gasteiger partial charge in [-0.25, -0.2) is 0 Å². The maximum atomic E-state index is 9.52. The van der Waals surface area contributed by atoms with Crippen molar-refractivity contribution in [2.75, 3.05) is 6.79 Å². The molecule has 1 aromatic rings. The summed E-state index contributed by atoms with van der Waals surface area (Å²) in [4.78, 5) is 0. The van der Waals surface area contributed by atoms with Crippen molar-refractivity contribution in [3.8, 4) is 17.2 Å². The zero-order chi connectivity index (χ0) is 8.55. The number of fused-ring (bicyclic) bond motifs is 1. The molecule has 0 saturated carbocycles. The van der Waals surface area contributed by atoms with Gasteiger partial charge in [0.15, 0.2) is 11.5 Å². The molecule has 3 nitrogen and oxygen atoms in total. The van der Waals surface area contributed by atoms with Crippen LogP contribution in [0.3, 0.4) is 0 Å². The molecule has 1 heterocycles. The minimum atomic E-state index is 0.0833. The van der Waals surface area contributed by atoms with Crippen LogP contribution in [-0.4, -0.2) is 11.9 Å². The van der Waals surface area contributed by atoms with E-state index < -0.39 is 0 Å². The fraction of sp³-hybridized carbons (Fsp3) is 0.250. The number of benzene rings is 1. The minimum absolute atomic E-state index is 0.0833. The van der Waals surface area contributed by atoms with Crippen LogP contribution in [0.4, 0.5) is 0 Å². The lowest BCUT2D eigenvalue weighted by Crippen LogP contribution is -1.93. The van der Waals surface area contributed by atoms with Crippen molar-refractivity contribution >= 4 is 11.6 Å². The summed E-state index contributed by atoms with van der Waals surface area (Å²) >= 11 is 5.58. The van der Waals surface area contributed by atoms with Crippen LogP contribution >= 0.6 is 11.6 Å². The molecular weight excluding hydrogens is 180 g/mol. The lowest BCUT2D eigenvalue weighted by molar-refractivity contribution is 0.171. The van der Waals surface area contributed by atoms with Crippen molar-refractivity contribution in [2.45, 2.75) is 5.88 Å². The molecule has 0 atom stereocenters. The van der Waals surface area contributed by atoms with Crippen molar-refractivity contribution in [2.24, 2.45) is 0 Å². The number of phenols is 1. The predicted molar refractivity (Wildman–Crippen MR) is 43.8 cm³/mol. The highest BCUT2D eigenvalue weighted by molar-refractivity contribution is 6.17. The minimum Gasteiger partial charge on any atom is -0.504 e. The second-order valence-electron chi connectivity index (χ2n) is 2.44. The van der Waals surface area contributed by atoms with E-state index in [0.717, 1.165) is 0 Å². The molecule has 0 fully saturated rings. The van der Waals surface area contributed by atoms with E-state index >= 15 is 0 Å². The average Bonchev–Trinajstić information content (AvgIpc) is 2.53.